The van der Waals surface area contributed by atoms with Crippen LogP contribution >= 0.6 is 22.9 Å². The fourth-order valence-electron chi connectivity index (χ4n) is 4.54. The second-order valence-electron chi connectivity index (χ2n) is 8.71. The molecule has 0 bridgehead atoms. The first kappa shape index (κ1) is 22.0. The minimum Gasteiger partial charge on any atom is -0.321 e. The number of hydrogen-bond donors (Lipinski definition) is 1. The number of nitrogens with one attached hydrogen (secondary N) is 1. The summed E-state index contributed by atoms with van der Waals surface area (Å²) in [7, 11) is 0. The summed E-state index contributed by atoms with van der Waals surface area (Å²) < 4.78 is 4.03. The molecule has 0 fully saturated rings. The quantitative estimate of drug-likeness (QED) is 0.313. The number of hydrogen-bond acceptors (Lipinski definition) is 5. The van der Waals surface area contributed by atoms with Gasteiger partial charge in [0.2, 0.25) is 0 Å². The zero-order valence-electron chi connectivity index (χ0n) is 19.2. The fraction of sp³-hybridized carbons (Fsp3) is 0.231. The molecule has 9 heteroatoms. The molecule has 0 spiro atoms. The third kappa shape index (κ3) is 4.02. The monoisotopic (exact) mass is 502 g/mol. The van der Waals surface area contributed by atoms with E-state index in [1.165, 1.54) is 17.8 Å². The van der Waals surface area contributed by atoms with Gasteiger partial charge in [0, 0.05) is 29.6 Å². The number of aryl methyl sites for hydroxylation is 2. The van der Waals surface area contributed by atoms with Gasteiger partial charge in [-0.2, -0.15) is 5.10 Å². The van der Waals surface area contributed by atoms with Crippen LogP contribution in [0.1, 0.15) is 40.5 Å². The molecule has 0 unspecified atom stereocenters. The number of carbonyl (C=O) groups excluding carboxylic acids is 1. The number of nitrogens with zero attached hydrogens (tertiary/aromatic N) is 5. The van der Waals surface area contributed by atoms with Crippen LogP contribution in [0.4, 0.5) is 5.69 Å². The summed E-state index contributed by atoms with van der Waals surface area (Å²) in [5.74, 6) is 1.80. The van der Waals surface area contributed by atoms with Crippen molar-refractivity contribution in [1.82, 2.24) is 24.5 Å². The van der Waals surface area contributed by atoms with E-state index in [4.69, 9.17) is 11.6 Å². The molecular weight excluding hydrogens is 480 g/mol. The van der Waals surface area contributed by atoms with Crippen LogP contribution in [-0.4, -0.2) is 30.5 Å². The van der Waals surface area contributed by atoms with E-state index in [1.807, 2.05) is 66.2 Å². The van der Waals surface area contributed by atoms with Crippen molar-refractivity contribution in [3.05, 3.63) is 76.0 Å². The molecule has 4 heterocycles. The molecule has 3 aromatic heterocycles. The summed E-state index contributed by atoms with van der Waals surface area (Å²) in [5, 5.41) is 18.0. The van der Waals surface area contributed by atoms with Crippen LogP contribution in [0.3, 0.4) is 0 Å². The Morgan fingerprint density at radius 2 is 1.89 bits per heavy atom. The van der Waals surface area contributed by atoms with Crippen molar-refractivity contribution in [1.29, 1.82) is 0 Å². The summed E-state index contributed by atoms with van der Waals surface area (Å²) >= 11 is 7.80. The van der Waals surface area contributed by atoms with Gasteiger partial charge in [-0.3, -0.25) is 4.79 Å². The Balaban J connectivity index is 1.24. The van der Waals surface area contributed by atoms with Gasteiger partial charge in [-0.1, -0.05) is 30.2 Å². The van der Waals surface area contributed by atoms with Gasteiger partial charge in [-0.05, 0) is 62.2 Å². The van der Waals surface area contributed by atoms with Gasteiger partial charge in [0.15, 0.2) is 5.82 Å². The van der Waals surface area contributed by atoms with Gasteiger partial charge >= 0.3 is 0 Å². The van der Waals surface area contributed by atoms with Gasteiger partial charge in [0.05, 0.1) is 21.3 Å². The van der Waals surface area contributed by atoms with Crippen molar-refractivity contribution < 1.29 is 4.79 Å². The number of carbonyl (C=O) groups is 1. The van der Waals surface area contributed by atoms with E-state index < -0.39 is 0 Å². The Labute approximate surface area is 211 Å². The highest BCUT2D eigenvalue weighted by atomic mass is 35.5. The van der Waals surface area contributed by atoms with Crippen LogP contribution in [0.15, 0.2) is 54.6 Å². The van der Waals surface area contributed by atoms with Crippen LogP contribution in [0.5, 0.6) is 0 Å². The van der Waals surface area contributed by atoms with Crippen LogP contribution in [0.2, 0.25) is 5.02 Å². The molecule has 0 aliphatic carbocycles. The average molecular weight is 503 g/mol. The van der Waals surface area contributed by atoms with E-state index >= 15 is 0 Å². The second kappa shape index (κ2) is 8.94. The first-order valence-corrected chi connectivity index (χ1v) is 12.9. The van der Waals surface area contributed by atoms with Gasteiger partial charge in [-0.25, -0.2) is 4.68 Å². The molecule has 0 atom stereocenters. The molecule has 1 aliphatic rings. The molecule has 2 aromatic carbocycles. The lowest BCUT2D eigenvalue weighted by Gasteiger charge is -2.08. The average Bonchev–Trinajstić information content (AvgIpc) is 3.50. The van der Waals surface area contributed by atoms with Crippen molar-refractivity contribution in [3.63, 3.8) is 0 Å². The number of halogens is 1. The maximum absolute atomic E-state index is 13.1. The topological polar surface area (TPSA) is 77.6 Å². The van der Waals surface area contributed by atoms with E-state index in [2.05, 4.69) is 25.2 Å². The highest BCUT2D eigenvalue weighted by Gasteiger charge is 2.19. The smallest absolute Gasteiger partial charge is 0.265 e. The lowest BCUT2D eigenvalue weighted by Crippen LogP contribution is -2.10. The Morgan fingerprint density at radius 3 is 2.71 bits per heavy atom. The van der Waals surface area contributed by atoms with Crippen LogP contribution in [-0.2, 0) is 13.0 Å². The lowest BCUT2D eigenvalue weighted by atomic mass is 10.2. The number of anilines is 1. The molecule has 7 nitrogen and oxygen atoms in total. The van der Waals surface area contributed by atoms with Crippen LogP contribution in [0, 0.1) is 6.92 Å². The van der Waals surface area contributed by atoms with E-state index in [-0.39, 0.29) is 5.91 Å². The molecule has 0 saturated heterocycles. The first-order valence-electron chi connectivity index (χ1n) is 11.7. The maximum atomic E-state index is 13.1. The maximum Gasteiger partial charge on any atom is 0.265 e. The summed E-state index contributed by atoms with van der Waals surface area (Å²) in [4.78, 5) is 14.6. The Hall–Kier alpha value is -3.49. The zero-order valence-corrected chi connectivity index (χ0v) is 20.7. The summed E-state index contributed by atoms with van der Waals surface area (Å²) in [6.45, 7) is 2.89. The van der Waals surface area contributed by atoms with Gasteiger partial charge in [0.1, 0.15) is 10.7 Å². The van der Waals surface area contributed by atoms with Gasteiger partial charge in [-0.15, -0.1) is 21.5 Å². The van der Waals surface area contributed by atoms with Crippen molar-refractivity contribution in [2.24, 2.45) is 0 Å². The molecule has 6 rings (SSSR count). The van der Waals surface area contributed by atoms with E-state index in [0.29, 0.717) is 9.90 Å². The third-order valence-electron chi connectivity index (χ3n) is 6.36. The number of thiophene rings is 1. The van der Waals surface area contributed by atoms with Crippen LogP contribution in [0.25, 0.3) is 27.3 Å². The minimum absolute atomic E-state index is 0.152. The Morgan fingerprint density at radius 1 is 1.06 bits per heavy atom. The standard InChI is InChI=1S/C26H23ClN6OS/c1-16-19-15-22(35-26(19)33(31-16)21-8-5-4-7-20(21)27)25(34)28-18-12-10-17(11-13-18)24-30-29-23-9-3-2-6-14-32(23)24/h4-5,7-8,10-13,15H,2-3,6,9,14H2,1H3,(H,28,34). The van der Waals surface area contributed by atoms with Gasteiger partial charge in [0.25, 0.3) is 5.91 Å². The summed E-state index contributed by atoms with van der Waals surface area (Å²) in [5.41, 5.74) is 3.38. The number of para-hydroxylation sites is 1. The molecule has 35 heavy (non-hydrogen) atoms. The molecular formula is C26H23ClN6OS. The largest absolute Gasteiger partial charge is 0.321 e. The normalized spacial score (nSPS) is 13.5. The van der Waals surface area contributed by atoms with E-state index in [1.54, 1.807) is 0 Å². The molecule has 1 aliphatic heterocycles. The molecule has 0 saturated carbocycles. The SMILES string of the molecule is Cc1nn(-c2ccccc2Cl)c2sc(C(=O)Nc3ccc(-c4nnc5n4CCCCC5)cc3)cc12. The van der Waals surface area contributed by atoms with Crippen molar-refractivity contribution in [2.45, 2.75) is 39.2 Å². The molecule has 1 N–H and O–H groups in total. The zero-order chi connectivity index (χ0) is 23.9. The lowest BCUT2D eigenvalue weighted by molar-refractivity contribution is 0.103. The Bertz CT molecular complexity index is 1550. The highest BCUT2D eigenvalue weighted by Crippen LogP contribution is 2.33. The Kier molecular flexibility index (Phi) is 5.62. The number of rotatable bonds is 4. The van der Waals surface area contributed by atoms with Crippen molar-refractivity contribution >= 4 is 44.7 Å². The third-order valence-corrected chi connectivity index (χ3v) is 7.79. The van der Waals surface area contributed by atoms with E-state index in [0.717, 1.165) is 70.3 Å². The number of aromatic nitrogens is 5. The predicted octanol–water partition coefficient (Wildman–Crippen LogP) is 6.29. The minimum atomic E-state index is -0.152. The molecule has 176 valence electrons. The van der Waals surface area contributed by atoms with Crippen LogP contribution < -0.4 is 5.32 Å². The van der Waals surface area contributed by atoms with Crippen molar-refractivity contribution in [3.8, 4) is 17.1 Å². The van der Waals surface area contributed by atoms with Crippen molar-refractivity contribution in [2.75, 3.05) is 5.32 Å². The molecule has 1 amide bonds. The number of fused-ring (bicyclic) bond motifs is 2. The first-order chi connectivity index (χ1) is 17.1. The van der Waals surface area contributed by atoms with E-state index in [9.17, 15) is 4.79 Å². The second-order valence-corrected chi connectivity index (χ2v) is 10.1. The number of amides is 1. The molecule has 5 aromatic rings. The number of benzene rings is 2. The summed E-state index contributed by atoms with van der Waals surface area (Å²) in [6.07, 6.45) is 4.51. The highest BCUT2D eigenvalue weighted by molar-refractivity contribution is 7.20. The fourth-order valence-corrected chi connectivity index (χ4v) is 5.83. The predicted molar refractivity (Wildman–Crippen MR) is 140 cm³/mol. The molecule has 0 radical (unpaired) electrons. The summed E-state index contributed by atoms with van der Waals surface area (Å²) in [6, 6.07) is 17.3. The van der Waals surface area contributed by atoms with Gasteiger partial charge < -0.3 is 9.88 Å².